The highest BCUT2D eigenvalue weighted by molar-refractivity contribution is 6.10. The monoisotopic (exact) mass is 307 g/mol. The Morgan fingerprint density at radius 2 is 1.91 bits per heavy atom. The molecule has 0 bridgehead atoms. The maximum atomic E-state index is 12.4. The van der Waals surface area contributed by atoms with Crippen LogP contribution in [0.2, 0.25) is 0 Å². The zero-order chi connectivity index (χ0) is 16.0. The number of nitrogens with zero attached hydrogens (tertiary/aromatic N) is 1. The van der Waals surface area contributed by atoms with Crippen LogP contribution in [0.5, 0.6) is 0 Å². The van der Waals surface area contributed by atoms with E-state index in [0.717, 1.165) is 55.6 Å². The van der Waals surface area contributed by atoms with Crippen molar-refractivity contribution in [2.75, 3.05) is 13.1 Å². The lowest BCUT2D eigenvalue weighted by atomic mass is 9.61. The Morgan fingerprint density at radius 1 is 1.22 bits per heavy atom. The highest BCUT2D eigenvalue weighted by Crippen LogP contribution is 2.50. The average molecular weight is 307 g/mol. The molecule has 0 unspecified atom stereocenters. The van der Waals surface area contributed by atoms with Crippen LogP contribution < -0.4 is 0 Å². The summed E-state index contributed by atoms with van der Waals surface area (Å²) in [6, 6.07) is 8.09. The Balaban J connectivity index is 1.66. The zero-order valence-corrected chi connectivity index (χ0v) is 13.2. The lowest BCUT2D eigenvalue weighted by Gasteiger charge is -2.51. The Labute approximate surface area is 137 Å². The van der Waals surface area contributed by atoms with Gasteiger partial charge < -0.3 is 10.0 Å². The van der Waals surface area contributed by atoms with Gasteiger partial charge in [0.15, 0.2) is 5.78 Å². The molecule has 1 heterocycles. The number of fused-ring (bicyclic) bond motifs is 1. The molecule has 1 aromatic carbocycles. The number of aliphatic hydroxyl groups excluding tert-OH is 1. The molecule has 3 heteroatoms. The molecule has 3 aliphatic rings. The largest absolute Gasteiger partial charge is 0.393 e. The average Bonchev–Trinajstić information content (AvgIpc) is 2.53. The summed E-state index contributed by atoms with van der Waals surface area (Å²) in [6.07, 6.45) is 9.96. The van der Waals surface area contributed by atoms with Gasteiger partial charge in [0.2, 0.25) is 0 Å². The number of rotatable bonds is 1. The number of aliphatic hydroxyl groups is 1. The molecule has 3 nitrogen and oxygen atoms in total. The highest BCUT2D eigenvalue weighted by atomic mass is 16.3. The highest BCUT2D eigenvalue weighted by Gasteiger charge is 2.45. The lowest BCUT2D eigenvalue weighted by Crippen LogP contribution is -2.49. The van der Waals surface area contributed by atoms with Crippen molar-refractivity contribution in [3.8, 4) is 12.3 Å². The van der Waals surface area contributed by atoms with Crippen molar-refractivity contribution in [2.45, 2.75) is 38.2 Å². The minimum absolute atomic E-state index is 0.0561. The molecule has 1 N–H and O–H groups in total. The number of hydrogen-bond acceptors (Lipinski definition) is 3. The van der Waals surface area contributed by atoms with Crippen LogP contribution in [0.25, 0.3) is 5.70 Å². The number of carbonyl (C=O) groups excluding carboxylic acids is 1. The predicted molar refractivity (Wildman–Crippen MR) is 89.4 cm³/mol. The van der Waals surface area contributed by atoms with Gasteiger partial charge in [-0.15, -0.1) is 6.42 Å². The van der Waals surface area contributed by atoms with Crippen LogP contribution in [0, 0.1) is 17.8 Å². The van der Waals surface area contributed by atoms with Crippen LogP contribution in [0.1, 0.15) is 36.8 Å². The van der Waals surface area contributed by atoms with E-state index in [2.05, 4.69) is 16.9 Å². The number of allylic oxidation sites excluding steroid dienone is 1. The van der Waals surface area contributed by atoms with Gasteiger partial charge in [-0.05, 0) is 36.7 Å². The van der Waals surface area contributed by atoms with Crippen LogP contribution in [-0.2, 0) is 11.2 Å². The normalized spacial score (nSPS) is 23.5. The van der Waals surface area contributed by atoms with E-state index >= 15 is 0 Å². The number of Topliss-reactive ketones (excluding diaryl/α,β-unsaturated/α-hetero) is 1. The summed E-state index contributed by atoms with van der Waals surface area (Å²) in [6.45, 7) is 1.82. The Bertz CT molecular complexity index is 724. The van der Waals surface area contributed by atoms with E-state index in [-0.39, 0.29) is 11.9 Å². The SMILES string of the molecule is C#CC1=C(N2CCC3(CC2)CC(O)C3)c2ccccc2CC1=O. The summed E-state index contributed by atoms with van der Waals surface area (Å²) in [4.78, 5) is 14.7. The second kappa shape index (κ2) is 5.25. The Kier molecular flexibility index (Phi) is 3.32. The molecule has 1 aromatic rings. The molecule has 1 saturated carbocycles. The first-order chi connectivity index (χ1) is 11.1. The van der Waals surface area contributed by atoms with Gasteiger partial charge in [-0.25, -0.2) is 0 Å². The quantitative estimate of drug-likeness (QED) is 0.810. The molecule has 0 amide bonds. The molecular formula is C20H21NO2. The maximum Gasteiger partial charge on any atom is 0.177 e. The Hall–Kier alpha value is -2.05. The van der Waals surface area contributed by atoms with Crippen molar-refractivity contribution in [3.63, 3.8) is 0 Å². The second-order valence-electron chi connectivity index (χ2n) is 7.17. The van der Waals surface area contributed by atoms with Gasteiger partial charge in [0.25, 0.3) is 0 Å². The van der Waals surface area contributed by atoms with Gasteiger partial charge in [-0.3, -0.25) is 4.79 Å². The van der Waals surface area contributed by atoms with E-state index in [4.69, 9.17) is 6.42 Å². The first-order valence-corrected chi connectivity index (χ1v) is 8.37. The predicted octanol–water partition coefficient (Wildman–Crippen LogP) is 2.39. The second-order valence-corrected chi connectivity index (χ2v) is 7.17. The van der Waals surface area contributed by atoms with Crippen LogP contribution in [0.15, 0.2) is 29.8 Å². The fraction of sp³-hybridized carbons (Fsp3) is 0.450. The first-order valence-electron chi connectivity index (χ1n) is 8.37. The van der Waals surface area contributed by atoms with E-state index in [1.807, 2.05) is 18.2 Å². The standard InChI is InChI=1S/C20H21NO2/c1-2-16-18(23)11-14-5-3-4-6-17(14)19(16)21-9-7-20(8-10-21)12-15(22)13-20/h1,3-6,15,22H,7-13H2. The third kappa shape index (κ3) is 2.29. The molecule has 4 rings (SSSR count). The van der Waals surface area contributed by atoms with Crippen molar-refractivity contribution in [3.05, 3.63) is 41.0 Å². The van der Waals surface area contributed by atoms with Crippen LogP contribution in [0.3, 0.4) is 0 Å². The van der Waals surface area contributed by atoms with Gasteiger partial charge in [-0.1, -0.05) is 30.2 Å². The van der Waals surface area contributed by atoms with E-state index < -0.39 is 0 Å². The summed E-state index contributed by atoms with van der Waals surface area (Å²) < 4.78 is 0. The number of ketones is 1. The fourth-order valence-electron chi connectivity index (χ4n) is 4.46. The molecule has 1 aliphatic heterocycles. The molecule has 0 atom stereocenters. The molecular weight excluding hydrogens is 286 g/mol. The number of benzene rings is 1. The van der Waals surface area contributed by atoms with Crippen LogP contribution in [-0.4, -0.2) is 35.0 Å². The summed E-state index contributed by atoms with van der Waals surface area (Å²) in [5, 5.41) is 9.63. The molecule has 1 saturated heterocycles. The smallest absolute Gasteiger partial charge is 0.177 e. The molecule has 23 heavy (non-hydrogen) atoms. The number of likely N-dealkylation sites (tertiary alicyclic amines) is 1. The molecule has 1 spiro atoms. The zero-order valence-electron chi connectivity index (χ0n) is 13.2. The van der Waals surface area contributed by atoms with Crippen LogP contribution >= 0.6 is 0 Å². The maximum absolute atomic E-state index is 12.4. The van der Waals surface area contributed by atoms with Gasteiger partial charge >= 0.3 is 0 Å². The first kappa shape index (κ1) is 14.5. The van der Waals surface area contributed by atoms with Gasteiger partial charge in [0.05, 0.1) is 17.4 Å². The number of carbonyl (C=O) groups is 1. The van der Waals surface area contributed by atoms with Crippen molar-refractivity contribution < 1.29 is 9.90 Å². The summed E-state index contributed by atoms with van der Waals surface area (Å²) in [5.41, 5.74) is 4.00. The third-order valence-electron chi connectivity index (χ3n) is 5.76. The van der Waals surface area contributed by atoms with E-state index in [1.54, 1.807) is 0 Å². The van der Waals surface area contributed by atoms with Gasteiger partial charge in [-0.2, -0.15) is 0 Å². The summed E-state index contributed by atoms with van der Waals surface area (Å²) in [5.74, 6) is 2.70. The van der Waals surface area contributed by atoms with Crippen molar-refractivity contribution in [1.29, 1.82) is 0 Å². The van der Waals surface area contributed by atoms with E-state index in [0.29, 0.717) is 17.4 Å². The molecule has 118 valence electrons. The molecule has 0 aromatic heterocycles. The topological polar surface area (TPSA) is 40.5 Å². The summed E-state index contributed by atoms with van der Waals surface area (Å²) >= 11 is 0. The minimum atomic E-state index is -0.112. The number of terminal acetylenes is 1. The van der Waals surface area contributed by atoms with Crippen molar-refractivity contribution >= 4 is 11.5 Å². The fourth-order valence-corrected chi connectivity index (χ4v) is 4.46. The number of hydrogen-bond donors (Lipinski definition) is 1. The van der Waals surface area contributed by atoms with Crippen molar-refractivity contribution in [2.24, 2.45) is 5.41 Å². The minimum Gasteiger partial charge on any atom is -0.393 e. The van der Waals surface area contributed by atoms with Crippen LogP contribution in [0.4, 0.5) is 0 Å². The van der Waals surface area contributed by atoms with E-state index in [1.165, 1.54) is 0 Å². The Morgan fingerprint density at radius 3 is 2.57 bits per heavy atom. The van der Waals surface area contributed by atoms with E-state index in [9.17, 15) is 9.90 Å². The summed E-state index contributed by atoms with van der Waals surface area (Å²) in [7, 11) is 0. The van der Waals surface area contributed by atoms with Gasteiger partial charge in [0.1, 0.15) is 0 Å². The van der Waals surface area contributed by atoms with Gasteiger partial charge in [0, 0.05) is 25.1 Å². The molecule has 2 aliphatic carbocycles. The lowest BCUT2D eigenvalue weighted by molar-refractivity contribution is -0.114. The molecule has 2 fully saturated rings. The third-order valence-corrected chi connectivity index (χ3v) is 5.76. The van der Waals surface area contributed by atoms with Crippen molar-refractivity contribution in [1.82, 2.24) is 4.90 Å². The molecule has 0 radical (unpaired) electrons. The number of piperidine rings is 1.